The van der Waals surface area contributed by atoms with E-state index in [1.54, 1.807) is 29.4 Å². The van der Waals surface area contributed by atoms with Gasteiger partial charge < -0.3 is 13.7 Å². The lowest BCUT2D eigenvalue weighted by Gasteiger charge is -2.23. The molecule has 5 heteroatoms. The summed E-state index contributed by atoms with van der Waals surface area (Å²) in [5, 5.41) is 1.16. The lowest BCUT2D eigenvalue weighted by atomic mass is 9.97. The summed E-state index contributed by atoms with van der Waals surface area (Å²) in [5.41, 5.74) is 0.947. The van der Waals surface area contributed by atoms with Crippen LogP contribution in [0.4, 0.5) is 0 Å². The highest BCUT2D eigenvalue weighted by atomic mass is 16.4. The van der Waals surface area contributed by atoms with Crippen molar-refractivity contribution in [2.75, 3.05) is 6.54 Å². The zero-order chi connectivity index (χ0) is 21.8. The molecule has 0 saturated carbocycles. The van der Waals surface area contributed by atoms with Gasteiger partial charge >= 0.3 is 5.63 Å². The molecule has 5 nitrogen and oxygen atoms in total. The zero-order valence-electron chi connectivity index (χ0n) is 17.7. The molecule has 0 bridgehead atoms. The minimum Gasteiger partial charge on any atom is -0.467 e. The average molecular weight is 415 g/mol. The second-order valence-corrected chi connectivity index (χ2v) is 7.99. The van der Waals surface area contributed by atoms with E-state index in [9.17, 15) is 9.59 Å². The van der Waals surface area contributed by atoms with Crippen molar-refractivity contribution in [1.29, 1.82) is 0 Å². The third-order valence-corrected chi connectivity index (χ3v) is 5.29. The predicted octanol–water partition coefficient (Wildman–Crippen LogP) is 5.74. The van der Waals surface area contributed by atoms with Crippen LogP contribution in [0.15, 0.2) is 86.6 Å². The zero-order valence-corrected chi connectivity index (χ0v) is 17.7. The molecular weight excluding hydrogens is 390 g/mol. The first-order valence-corrected chi connectivity index (χ1v) is 10.5. The van der Waals surface area contributed by atoms with Gasteiger partial charge in [-0.3, -0.25) is 4.79 Å². The van der Waals surface area contributed by atoms with Gasteiger partial charge in [0.2, 0.25) is 5.76 Å². The largest absolute Gasteiger partial charge is 0.467 e. The van der Waals surface area contributed by atoms with Crippen molar-refractivity contribution in [1.82, 2.24) is 4.90 Å². The summed E-state index contributed by atoms with van der Waals surface area (Å²) >= 11 is 0. The van der Waals surface area contributed by atoms with Crippen molar-refractivity contribution >= 4 is 16.7 Å². The van der Waals surface area contributed by atoms with Gasteiger partial charge in [0.05, 0.1) is 18.2 Å². The highest BCUT2D eigenvalue weighted by Crippen LogP contribution is 2.31. The molecule has 2 aromatic heterocycles. The summed E-state index contributed by atoms with van der Waals surface area (Å²) in [6.45, 7) is 5.06. The lowest BCUT2D eigenvalue weighted by molar-refractivity contribution is 0.0688. The van der Waals surface area contributed by atoms with Crippen LogP contribution in [-0.2, 0) is 6.54 Å². The Bertz CT molecular complexity index is 1220. The number of rotatable bonds is 7. The maximum absolute atomic E-state index is 13.7. The van der Waals surface area contributed by atoms with Gasteiger partial charge in [0.15, 0.2) is 0 Å². The highest BCUT2D eigenvalue weighted by Gasteiger charge is 2.26. The van der Waals surface area contributed by atoms with E-state index in [0.717, 1.165) is 12.0 Å². The van der Waals surface area contributed by atoms with E-state index in [1.165, 1.54) is 0 Å². The van der Waals surface area contributed by atoms with Crippen molar-refractivity contribution in [3.8, 4) is 11.1 Å². The van der Waals surface area contributed by atoms with E-state index in [1.807, 2.05) is 48.5 Å². The van der Waals surface area contributed by atoms with Crippen molar-refractivity contribution in [3.05, 3.63) is 94.9 Å². The molecule has 4 aromatic rings. The second-order valence-electron chi connectivity index (χ2n) is 7.99. The molecule has 31 heavy (non-hydrogen) atoms. The first kappa shape index (κ1) is 20.7. The summed E-state index contributed by atoms with van der Waals surface area (Å²) in [5.74, 6) is 0.842. The summed E-state index contributed by atoms with van der Waals surface area (Å²) in [6, 6.07) is 20.4. The maximum Gasteiger partial charge on any atom is 0.344 e. The number of nitrogens with zero attached hydrogens (tertiary/aromatic N) is 1. The molecule has 2 aromatic carbocycles. The Morgan fingerprint density at radius 1 is 0.935 bits per heavy atom. The summed E-state index contributed by atoms with van der Waals surface area (Å²) in [7, 11) is 0. The van der Waals surface area contributed by atoms with E-state index < -0.39 is 5.63 Å². The molecule has 4 rings (SSSR count). The van der Waals surface area contributed by atoms with E-state index in [4.69, 9.17) is 8.83 Å². The average Bonchev–Trinajstić information content (AvgIpc) is 3.30. The molecular formula is C26H25NO4. The third-order valence-electron chi connectivity index (χ3n) is 5.29. The number of hydrogen-bond acceptors (Lipinski definition) is 4. The summed E-state index contributed by atoms with van der Waals surface area (Å²) in [6.07, 6.45) is 2.41. The molecule has 2 heterocycles. The third kappa shape index (κ3) is 4.45. The van der Waals surface area contributed by atoms with Gasteiger partial charge in [-0.2, -0.15) is 0 Å². The van der Waals surface area contributed by atoms with Crippen molar-refractivity contribution in [3.63, 3.8) is 0 Å². The molecule has 0 saturated heterocycles. The Hall–Kier alpha value is -3.60. The molecule has 0 atom stereocenters. The predicted molar refractivity (Wildman–Crippen MR) is 121 cm³/mol. The quantitative estimate of drug-likeness (QED) is 0.386. The van der Waals surface area contributed by atoms with Gasteiger partial charge in [-0.15, -0.1) is 0 Å². The highest BCUT2D eigenvalue weighted by molar-refractivity contribution is 6.07. The molecule has 0 aliphatic carbocycles. The summed E-state index contributed by atoms with van der Waals surface area (Å²) in [4.78, 5) is 28.2. The Labute approximate surface area is 180 Å². The van der Waals surface area contributed by atoms with Crippen LogP contribution < -0.4 is 5.63 Å². The molecule has 0 N–H and O–H groups in total. The van der Waals surface area contributed by atoms with Crippen LogP contribution >= 0.6 is 0 Å². The van der Waals surface area contributed by atoms with Gasteiger partial charge in [0, 0.05) is 17.5 Å². The fraction of sp³-hybridized carbons (Fsp3) is 0.231. The SMILES string of the molecule is CC(C)CCN(Cc1ccco1)C(=O)c1oc(=O)c2ccccc2c1-c1ccccc1. The molecule has 0 spiro atoms. The second kappa shape index (κ2) is 9.04. The van der Waals surface area contributed by atoms with E-state index in [-0.39, 0.29) is 11.7 Å². The Morgan fingerprint density at radius 2 is 1.65 bits per heavy atom. The molecule has 1 amide bonds. The van der Waals surface area contributed by atoms with Crippen molar-refractivity contribution < 1.29 is 13.6 Å². The van der Waals surface area contributed by atoms with E-state index >= 15 is 0 Å². The van der Waals surface area contributed by atoms with Gasteiger partial charge in [0.1, 0.15) is 5.76 Å². The standard InChI is InChI=1S/C26H25NO4/c1-18(2)14-15-27(17-20-11-8-16-30-20)25(28)24-23(19-9-4-3-5-10-19)21-12-6-7-13-22(21)26(29)31-24/h3-13,16,18H,14-15,17H2,1-2H3. The van der Waals surface area contributed by atoms with Crippen LogP contribution in [0.5, 0.6) is 0 Å². The molecule has 0 aliphatic heterocycles. The normalized spacial score (nSPS) is 11.2. The van der Waals surface area contributed by atoms with Crippen LogP contribution in [0, 0.1) is 5.92 Å². The monoisotopic (exact) mass is 415 g/mol. The molecule has 0 radical (unpaired) electrons. The fourth-order valence-electron chi connectivity index (χ4n) is 3.64. The van der Waals surface area contributed by atoms with Crippen LogP contribution in [-0.4, -0.2) is 17.4 Å². The Balaban J connectivity index is 1.86. The van der Waals surface area contributed by atoms with Crippen molar-refractivity contribution in [2.24, 2.45) is 5.92 Å². The smallest absolute Gasteiger partial charge is 0.344 e. The number of fused-ring (bicyclic) bond motifs is 1. The number of benzene rings is 2. The fourth-order valence-corrected chi connectivity index (χ4v) is 3.64. The van der Waals surface area contributed by atoms with E-state index in [0.29, 0.717) is 41.1 Å². The maximum atomic E-state index is 13.7. The first-order chi connectivity index (χ1) is 15.0. The van der Waals surface area contributed by atoms with Crippen LogP contribution in [0.2, 0.25) is 0 Å². The van der Waals surface area contributed by atoms with E-state index in [2.05, 4.69) is 13.8 Å². The molecule has 0 aliphatic rings. The number of hydrogen-bond donors (Lipinski definition) is 0. The van der Waals surface area contributed by atoms with Crippen LogP contribution in [0.1, 0.15) is 36.6 Å². The Kier molecular flexibility index (Phi) is 6.03. The van der Waals surface area contributed by atoms with Crippen LogP contribution in [0.25, 0.3) is 21.9 Å². The van der Waals surface area contributed by atoms with Gasteiger partial charge in [-0.1, -0.05) is 62.4 Å². The minimum atomic E-state index is -0.513. The number of carbonyl (C=O) groups excluding carboxylic acids is 1. The lowest BCUT2D eigenvalue weighted by Crippen LogP contribution is -2.33. The van der Waals surface area contributed by atoms with Gasteiger partial charge in [-0.05, 0) is 36.1 Å². The Morgan fingerprint density at radius 3 is 2.32 bits per heavy atom. The number of carbonyl (C=O) groups is 1. The topological polar surface area (TPSA) is 63.7 Å². The van der Waals surface area contributed by atoms with Crippen molar-refractivity contribution in [2.45, 2.75) is 26.8 Å². The van der Waals surface area contributed by atoms with Gasteiger partial charge in [-0.25, -0.2) is 4.79 Å². The molecule has 158 valence electrons. The van der Waals surface area contributed by atoms with Gasteiger partial charge in [0.25, 0.3) is 5.91 Å². The van der Waals surface area contributed by atoms with Crippen LogP contribution in [0.3, 0.4) is 0 Å². The molecule has 0 unspecified atom stereocenters. The number of furan rings is 1. The minimum absolute atomic E-state index is 0.0604. The number of amides is 1. The summed E-state index contributed by atoms with van der Waals surface area (Å²) < 4.78 is 11.1. The first-order valence-electron chi connectivity index (χ1n) is 10.5. The molecule has 0 fully saturated rings.